The lowest BCUT2D eigenvalue weighted by atomic mass is 9.89. The Bertz CT molecular complexity index is 694. The average Bonchev–Trinajstić information content (AvgIpc) is 3.23. The molecule has 2 saturated carbocycles. The van der Waals surface area contributed by atoms with Gasteiger partial charge in [-0.3, -0.25) is 0 Å². The van der Waals surface area contributed by atoms with Crippen molar-refractivity contribution in [1.82, 2.24) is 4.57 Å². The van der Waals surface area contributed by atoms with Crippen molar-refractivity contribution in [2.75, 3.05) is 5.75 Å². The molecule has 0 aliphatic heterocycles. The zero-order chi connectivity index (χ0) is 16.6. The Morgan fingerprint density at radius 1 is 1.17 bits per heavy atom. The van der Waals surface area contributed by atoms with Crippen molar-refractivity contribution in [1.29, 1.82) is 0 Å². The number of sulfone groups is 1. The van der Waals surface area contributed by atoms with Crippen LogP contribution >= 0.6 is 0 Å². The van der Waals surface area contributed by atoms with Gasteiger partial charge in [-0.15, -0.1) is 0 Å². The highest BCUT2D eigenvalue weighted by Crippen LogP contribution is 2.34. The van der Waals surface area contributed by atoms with Gasteiger partial charge in [-0.1, -0.05) is 19.3 Å². The van der Waals surface area contributed by atoms with Crippen LogP contribution in [0.2, 0.25) is 0 Å². The molecule has 0 unspecified atom stereocenters. The van der Waals surface area contributed by atoms with Gasteiger partial charge in [0.05, 0.1) is 10.6 Å². The first-order chi connectivity index (χ1) is 10.9. The van der Waals surface area contributed by atoms with Gasteiger partial charge in [-0.25, -0.2) is 13.2 Å². The zero-order valence-electron chi connectivity index (χ0n) is 13.6. The van der Waals surface area contributed by atoms with Crippen LogP contribution in [-0.4, -0.2) is 29.8 Å². The molecule has 23 heavy (non-hydrogen) atoms. The maximum Gasteiger partial charge on any atom is 0.352 e. The number of carboxylic acids is 1. The van der Waals surface area contributed by atoms with Gasteiger partial charge in [0.1, 0.15) is 5.69 Å². The molecule has 128 valence electrons. The summed E-state index contributed by atoms with van der Waals surface area (Å²) in [6, 6.07) is 1.37. The van der Waals surface area contributed by atoms with E-state index >= 15 is 0 Å². The van der Waals surface area contributed by atoms with Gasteiger partial charge in [-0.05, 0) is 50.5 Å². The van der Waals surface area contributed by atoms with Crippen LogP contribution in [0.5, 0.6) is 0 Å². The van der Waals surface area contributed by atoms with Gasteiger partial charge in [-0.2, -0.15) is 0 Å². The number of aromatic nitrogens is 1. The van der Waals surface area contributed by atoms with E-state index in [9.17, 15) is 18.3 Å². The molecule has 1 aromatic rings. The van der Waals surface area contributed by atoms with Crippen molar-refractivity contribution in [3.8, 4) is 0 Å². The lowest BCUT2D eigenvalue weighted by Gasteiger charge is -2.23. The molecule has 1 heterocycles. The van der Waals surface area contributed by atoms with Crippen LogP contribution in [0.15, 0.2) is 11.0 Å². The Kier molecular flexibility index (Phi) is 4.54. The van der Waals surface area contributed by atoms with E-state index in [1.807, 2.05) is 0 Å². The molecule has 3 rings (SSSR count). The molecule has 1 aromatic heterocycles. The minimum absolute atomic E-state index is 0.113. The smallest absolute Gasteiger partial charge is 0.352 e. The first-order valence-electron chi connectivity index (χ1n) is 8.54. The first kappa shape index (κ1) is 16.6. The standard InChI is InChI=1S/C17H25NO4S/c1-12-16(23(21,22)11-14-7-8-14)9-15(17(19)20)18(12)10-13-5-3-2-4-6-13/h9,13-14H,2-8,10-11H2,1H3,(H,19,20). The number of carbonyl (C=O) groups is 1. The van der Waals surface area contributed by atoms with E-state index in [1.165, 1.54) is 25.3 Å². The molecule has 1 N–H and O–H groups in total. The summed E-state index contributed by atoms with van der Waals surface area (Å²) < 4.78 is 26.9. The Morgan fingerprint density at radius 2 is 1.83 bits per heavy atom. The Morgan fingerprint density at radius 3 is 2.39 bits per heavy atom. The van der Waals surface area contributed by atoms with Crippen molar-refractivity contribution in [3.05, 3.63) is 17.5 Å². The van der Waals surface area contributed by atoms with Crippen LogP contribution in [0.3, 0.4) is 0 Å². The Hall–Kier alpha value is -1.30. The lowest BCUT2D eigenvalue weighted by molar-refractivity contribution is 0.0683. The van der Waals surface area contributed by atoms with Gasteiger partial charge >= 0.3 is 5.97 Å². The van der Waals surface area contributed by atoms with Crippen LogP contribution < -0.4 is 0 Å². The number of carboxylic acid groups (broad SMARTS) is 1. The van der Waals surface area contributed by atoms with Crippen LogP contribution in [-0.2, 0) is 16.4 Å². The predicted molar refractivity (Wildman–Crippen MR) is 87.5 cm³/mol. The molecular formula is C17H25NO4S. The summed E-state index contributed by atoms with van der Waals surface area (Å²) in [6.07, 6.45) is 7.73. The van der Waals surface area contributed by atoms with Gasteiger partial charge in [0.2, 0.25) is 0 Å². The maximum absolute atomic E-state index is 12.6. The largest absolute Gasteiger partial charge is 0.477 e. The summed E-state index contributed by atoms with van der Waals surface area (Å²) in [6.45, 7) is 2.36. The van der Waals surface area contributed by atoms with Gasteiger partial charge in [0.15, 0.2) is 9.84 Å². The van der Waals surface area contributed by atoms with Crippen molar-refractivity contribution >= 4 is 15.8 Å². The van der Waals surface area contributed by atoms with Crippen molar-refractivity contribution in [2.24, 2.45) is 11.8 Å². The number of aromatic carboxylic acids is 1. The quantitative estimate of drug-likeness (QED) is 0.863. The summed E-state index contributed by atoms with van der Waals surface area (Å²) >= 11 is 0. The summed E-state index contributed by atoms with van der Waals surface area (Å²) in [7, 11) is -3.39. The van der Waals surface area contributed by atoms with Crippen LogP contribution in [0.25, 0.3) is 0 Å². The Labute approximate surface area is 137 Å². The second kappa shape index (κ2) is 6.30. The summed E-state index contributed by atoms with van der Waals surface area (Å²) in [5.41, 5.74) is 0.705. The topological polar surface area (TPSA) is 76.4 Å². The molecule has 0 saturated heterocycles. The van der Waals surface area contributed by atoms with E-state index in [2.05, 4.69) is 0 Å². The fourth-order valence-corrected chi connectivity index (χ4v) is 5.64. The molecule has 0 radical (unpaired) electrons. The summed E-state index contributed by atoms with van der Waals surface area (Å²) in [5, 5.41) is 9.48. The van der Waals surface area contributed by atoms with Crippen molar-refractivity contribution in [2.45, 2.75) is 63.3 Å². The third kappa shape index (κ3) is 3.62. The second-order valence-corrected chi connectivity index (χ2v) is 9.13. The molecule has 2 fully saturated rings. The van der Waals surface area contributed by atoms with Gasteiger partial charge in [0.25, 0.3) is 0 Å². The third-order valence-corrected chi connectivity index (χ3v) is 7.19. The van der Waals surface area contributed by atoms with E-state index in [0.29, 0.717) is 18.2 Å². The van der Waals surface area contributed by atoms with E-state index in [1.54, 1.807) is 11.5 Å². The minimum Gasteiger partial charge on any atom is -0.477 e. The summed E-state index contributed by atoms with van der Waals surface area (Å²) in [4.78, 5) is 11.8. The Balaban J connectivity index is 1.92. The van der Waals surface area contributed by atoms with E-state index in [0.717, 1.165) is 25.7 Å². The monoisotopic (exact) mass is 339 g/mol. The number of hydrogen-bond acceptors (Lipinski definition) is 3. The number of hydrogen-bond donors (Lipinski definition) is 1. The van der Waals surface area contributed by atoms with Crippen LogP contribution in [0.1, 0.15) is 61.1 Å². The number of nitrogens with zero attached hydrogens (tertiary/aromatic N) is 1. The molecule has 0 spiro atoms. The predicted octanol–water partition coefficient (Wildman–Crippen LogP) is 3.26. The van der Waals surface area contributed by atoms with E-state index < -0.39 is 15.8 Å². The number of rotatable bonds is 6. The fourth-order valence-electron chi connectivity index (χ4n) is 3.66. The first-order valence-corrected chi connectivity index (χ1v) is 10.2. The SMILES string of the molecule is Cc1c(S(=O)(=O)CC2CC2)cc(C(=O)O)n1CC1CCCCC1. The van der Waals surface area contributed by atoms with E-state index in [4.69, 9.17) is 0 Å². The molecule has 6 heteroatoms. The fraction of sp³-hybridized carbons (Fsp3) is 0.706. The highest BCUT2D eigenvalue weighted by molar-refractivity contribution is 7.91. The molecule has 0 aromatic carbocycles. The molecule has 0 amide bonds. The van der Waals surface area contributed by atoms with Crippen molar-refractivity contribution in [3.63, 3.8) is 0 Å². The lowest BCUT2D eigenvalue weighted by Crippen LogP contribution is -2.19. The van der Waals surface area contributed by atoms with Gasteiger partial charge < -0.3 is 9.67 Å². The maximum atomic E-state index is 12.6. The van der Waals surface area contributed by atoms with Crippen LogP contribution in [0, 0.1) is 18.8 Å². The second-order valence-electron chi connectivity index (χ2n) is 7.12. The van der Waals surface area contributed by atoms with Crippen LogP contribution in [0.4, 0.5) is 0 Å². The molecule has 2 aliphatic carbocycles. The average molecular weight is 339 g/mol. The summed E-state index contributed by atoms with van der Waals surface area (Å²) in [5.74, 6) is -0.182. The van der Waals surface area contributed by atoms with Crippen molar-refractivity contribution < 1.29 is 18.3 Å². The molecule has 2 aliphatic rings. The third-order valence-electron chi connectivity index (χ3n) is 5.19. The molecular weight excluding hydrogens is 314 g/mol. The normalized spacial score (nSPS) is 19.9. The highest BCUT2D eigenvalue weighted by atomic mass is 32.2. The van der Waals surface area contributed by atoms with Gasteiger partial charge in [0, 0.05) is 12.2 Å². The zero-order valence-corrected chi connectivity index (χ0v) is 14.4. The van der Waals surface area contributed by atoms with E-state index in [-0.39, 0.29) is 22.3 Å². The molecule has 0 bridgehead atoms. The molecule has 0 atom stereocenters. The minimum atomic E-state index is -3.39. The highest BCUT2D eigenvalue weighted by Gasteiger charge is 2.32. The molecule has 5 nitrogen and oxygen atoms in total.